The van der Waals surface area contributed by atoms with Gasteiger partial charge in [-0.2, -0.15) is 0 Å². The van der Waals surface area contributed by atoms with Gasteiger partial charge in [0.25, 0.3) is 0 Å². The second-order valence-corrected chi connectivity index (χ2v) is 8.91. The summed E-state index contributed by atoms with van der Waals surface area (Å²) < 4.78 is 5.54. The fraction of sp³-hybridized carbons (Fsp3) is 0.450. The minimum absolute atomic E-state index is 0.0502. The van der Waals surface area contributed by atoms with Gasteiger partial charge >= 0.3 is 6.09 Å². The number of ether oxygens (including phenoxy) is 1. The van der Waals surface area contributed by atoms with E-state index in [-0.39, 0.29) is 12.1 Å². The molecular weight excluding hydrogens is 374 g/mol. The number of carbonyl (C=O) groups is 1. The summed E-state index contributed by atoms with van der Waals surface area (Å²) >= 11 is 1.60. The van der Waals surface area contributed by atoms with Crippen molar-refractivity contribution in [3.63, 3.8) is 0 Å². The number of piperazine rings is 1. The van der Waals surface area contributed by atoms with Gasteiger partial charge in [-0.3, -0.25) is 0 Å². The minimum Gasteiger partial charge on any atom is -0.444 e. The third kappa shape index (κ3) is 3.69. The summed E-state index contributed by atoms with van der Waals surface area (Å²) in [6, 6.07) is 8.02. The average molecular weight is 400 g/mol. The van der Waals surface area contributed by atoms with Crippen LogP contribution in [0.15, 0.2) is 29.8 Å². The van der Waals surface area contributed by atoms with Crippen molar-refractivity contribution in [3.05, 3.63) is 29.8 Å². The van der Waals surface area contributed by atoms with Crippen molar-refractivity contribution in [2.45, 2.75) is 39.3 Å². The quantitative estimate of drug-likeness (QED) is 0.701. The van der Waals surface area contributed by atoms with E-state index in [9.17, 15) is 4.79 Å². The number of H-pyrrole nitrogens is 1. The van der Waals surface area contributed by atoms with E-state index in [2.05, 4.69) is 21.8 Å². The van der Waals surface area contributed by atoms with Gasteiger partial charge in [0.1, 0.15) is 16.3 Å². The lowest BCUT2D eigenvalue weighted by atomic mass is 10.2. The molecule has 4 rings (SSSR count). The topological polar surface area (TPSA) is 74.4 Å². The second-order valence-electron chi connectivity index (χ2n) is 8.08. The van der Waals surface area contributed by atoms with E-state index in [0.717, 1.165) is 40.6 Å². The first-order valence-corrected chi connectivity index (χ1v) is 10.3. The number of hydrogen-bond acceptors (Lipinski definition) is 6. The molecule has 1 atom stereocenters. The molecule has 0 spiro atoms. The highest BCUT2D eigenvalue weighted by atomic mass is 32.1. The average Bonchev–Trinajstić information content (AvgIpc) is 3.26. The maximum atomic E-state index is 12.5. The molecule has 0 radical (unpaired) electrons. The van der Waals surface area contributed by atoms with Gasteiger partial charge in [0.05, 0.1) is 16.5 Å². The predicted octanol–water partition coefficient (Wildman–Crippen LogP) is 4.13. The van der Waals surface area contributed by atoms with Crippen LogP contribution in [-0.2, 0) is 4.74 Å². The molecule has 0 bridgehead atoms. The Labute approximate surface area is 168 Å². The van der Waals surface area contributed by atoms with E-state index in [1.54, 1.807) is 11.3 Å². The number of benzene rings is 1. The van der Waals surface area contributed by atoms with Crippen molar-refractivity contribution in [1.29, 1.82) is 0 Å². The number of anilines is 1. The van der Waals surface area contributed by atoms with E-state index in [1.807, 2.05) is 55.4 Å². The first-order valence-electron chi connectivity index (χ1n) is 9.45. The molecule has 1 saturated heterocycles. The molecule has 148 valence electrons. The number of imidazole rings is 1. The van der Waals surface area contributed by atoms with E-state index >= 15 is 0 Å². The van der Waals surface area contributed by atoms with Crippen molar-refractivity contribution in [2.24, 2.45) is 0 Å². The Morgan fingerprint density at radius 1 is 1.29 bits per heavy atom. The summed E-state index contributed by atoms with van der Waals surface area (Å²) in [7, 11) is 0. The zero-order chi connectivity index (χ0) is 19.9. The number of carbonyl (C=O) groups excluding carboxylic acids is 1. The molecule has 3 aromatic rings. The summed E-state index contributed by atoms with van der Waals surface area (Å²) in [4.78, 5) is 29.2. The molecule has 0 unspecified atom stereocenters. The summed E-state index contributed by atoms with van der Waals surface area (Å²) in [5.41, 5.74) is 4.15. The molecule has 1 aliphatic rings. The largest absolute Gasteiger partial charge is 0.444 e. The fourth-order valence-corrected chi connectivity index (χ4v) is 4.26. The number of fused-ring (bicyclic) bond motifs is 1. The Hall–Kier alpha value is -2.61. The molecule has 7 nitrogen and oxygen atoms in total. The lowest BCUT2D eigenvalue weighted by Crippen LogP contribution is -2.55. The first kappa shape index (κ1) is 18.7. The molecule has 28 heavy (non-hydrogen) atoms. The standard InChI is InChI=1S/C20H25N5O2S/c1-13-11-24(9-10-25(13)19(26)27-20(2,3)4)18-16(21-12-28-18)17-22-14-7-5-6-8-15(14)23-17/h5-8,12-13H,9-11H2,1-4H3,(H,22,23)/t13-/m1/s1. The van der Waals surface area contributed by atoms with Crippen LogP contribution in [0.3, 0.4) is 0 Å². The number of rotatable bonds is 2. The minimum atomic E-state index is -0.486. The van der Waals surface area contributed by atoms with Crippen LogP contribution in [0.4, 0.5) is 9.80 Å². The molecule has 3 heterocycles. The van der Waals surface area contributed by atoms with Gasteiger partial charge in [-0.1, -0.05) is 12.1 Å². The molecule has 0 saturated carbocycles. The van der Waals surface area contributed by atoms with Gasteiger partial charge < -0.3 is 19.5 Å². The Morgan fingerprint density at radius 3 is 2.79 bits per heavy atom. The van der Waals surface area contributed by atoms with Gasteiger partial charge in [0.15, 0.2) is 5.82 Å². The van der Waals surface area contributed by atoms with Crippen molar-refractivity contribution in [2.75, 3.05) is 24.5 Å². The molecule has 1 aliphatic heterocycles. The fourth-order valence-electron chi connectivity index (χ4n) is 3.43. The number of nitrogens with zero attached hydrogens (tertiary/aromatic N) is 4. The molecule has 1 fully saturated rings. The van der Waals surface area contributed by atoms with Crippen LogP contribution in [0.1, 0.15) is 27.7 Å². The van der Waals surface area contributed by atoms with Gasteiger partial charge in [-0.25, -0.2) is 14.8 Å². The van der Waals surface area contributed by atoms with Crippen LogP contribution in [0.2, 0.25) is 0 Å². The number of thiazole rings is 1. The van der Waals surface area contributed by atoms with Crippen LogP contribution in [0.25, 0.3) is 22.6 Å². The monoisotopic (exact) mass is 399 g/mol. The van der Waals surface area contributed by atoms with Crippen molar-refractivity contribution < 1.29 is 9.53 Å². The number of hydrogen-bond donors (Lipinski definition) is 1. The Morgan fingerprint density at radius 2 is 2.07 bits per heavy atom. The summed E-state index contributed by atoms with van der Waals surface area (Å²) in [6.07, 6.45) is -0.249. The molecule has 8 heteroatoms. The predicted molar refractivity (Wildman–Crippen MR) is 112 cm³/mol. The molecule has 2 aromatic heterocycles. The third-order valence-corrected chi connectivity index (χ3v) is 5.59. The molecular formula is C20H25N5O2S. The van der Waals surface area contributed by atoms with Crippen molar-refractivity contribution in [1.82, 2.24) is 19.9 Å². The van der Waals surface area contributed by atoms with Gasteiger partial charge in [-0.15, -0.1) is 11.3 Å². The lowest BCUT2D eigenvalue weighted by molar-refractivity contribution is 0.0159. The molecule has 1 amide bonds. The van der Waals surface area contributed by atoms with E-state index < -0.39 is 5.60 Å². The maximum absolute atomic E-state index is 12.5. The highest BCUT2D eigenvalue weighted by Crippen LogP contribution is 2.34. The second kappa shape index (κ2) is 7.09. The first-order chi connectivity index (χ1) is 13.3. The van der Waals surface area contributed by atoms with Crippen LogP contribution >= 0.6 is 11.3 Å². The maximum Gasteiger partial charge on any atom is 0.410 e. The molecule has 1 aromatic carbocycles. The Kier molecular flexibility index (Phi) is 4.74. The molecule has 0 aliphatic carbocycles. The van der Waals surface area contributed by atoms with E-state index in [0.29, 0.717) is 6.54 Å². The third-order valence-electron chi connectivity index (χ3n) is 4.71. The van der Waals surface area contributed by atoms with Gasteiger partial charge in [0.2, 0.25) is 0 Å². The van der Waals surface area contributed by atoms with Crippen molar-refractivity contribution in [3.8, 4) is 11.5 Å². The number of nitrogens with one attached hydrogen (secondary N) is 1. The number of amides is 1. The number of aromatic amines is 1. The van der Waals surface area contributed by atoms with Crippen LogP contribution in [0, 0.1) is 0 Å². The molecule has 1 N–H and O–H groups in total. The SMILES string of the molecule is C[C@@H]1CN(c2scnc2-c2nc3ccccc3[nH]2)CCN1C(=O)OC(C)(C)C. The van der Waals surface area contributed by atoms with Crippen LogP contribution in [0.5, 0.6) is 0 Å². The highest BCUT2D eigenvalue weighted by Gasteiger charge is 2.32. The zero-order valence-corrected chi connectivity index (χ0v) is 17.4. The number of aromatic nitrogens is 3. The van der Waals surface area contributed by atoms with E-state index in [4.69, 9.17) is 9.72 Å². The van der Waals surface area contributed by atoms with Crippen LogP contribution < -0.4 is 4.90 Å². The van der Waals surface area contributed by atoms with Gasteiger partial charge in [-0.05, 0) is 39.8 Å². The highest BCUT2D eigenvalue weighted by molar-refractivity contribution is 7.14. The number of para-hydroxylation sites is 2. The summed E-state index contributed by atoms with van der Waals surface area (Å²) in [6.45, 7) is 9.81. The van der Waals surface area contributed by atoms with E-state index in [1.165, 1.54) is 0 Å². The zero-order valence-electron chi connectivity index (χ0n) is 16.6. The Balaban J connectivity index is 1.53. The smallest absolute Gasteiger partial charge is 0.410 e. The summed E-state index contributed by atoms with van der Waals surface area (Å²) in [5.74, 6) is 0.777. The summed E-state index contributed by atoms with van der Waals surface area (Å²) in [5, 5.41) is 1.08. The van der Waals surface area contributed by atoms with Gasteiger partial charge in [0, 0.05) is 25.7 Å². The van der Waals surface area contributed by atoms with Crippen molar-refractivity contribution >= 4 is 33.5 Å². The Bertz CT molecular complexity index is 957. The lowest BCUT2D eigenvalue weighted by Gasteiger charge is -2.40. The van der Waals surface area contributed by atoms with Crippen LogP contribution in [-0.4, -0.2) is 57.2 Å². The normalized spacial score (nSPS) is 17.9.